The largest absolute Gasteiger partial charge is 0.378 e. The van der Waals surface area contributed by atoms with Crippen LogP contribution in [-0.2, 0) is 18.3 Å². The Kier molecular flexibility index (Phi) is 4.98. The van der Waals surface area contributed by atoms with Gasteiger partial charge in [-0.2, -0.15) is 4.98 Å². The van der Waals surface area contributed by atoms with Gasteiger partial charge in [0.05, 0.1) is 19.8 Å². The number of aromatic nitrogens is 5. The molecule has 2 aromatic heterocycles. The fourth-order valence-electron chi connectivity index (χ4n) is 3.39. The molecule has 0 atom stereocenters. The maximum atomic E-state index is 5.45. The molecule has 9 nitrogen and oxygen atoms in total. The Bertz CT molecular complexity index is 734. The van der Waals surface area contributed by atoms with Crippen molar-refractivity contribution in [1.82, 2.24) is 29.6 Å². The summed E-state index contributed by atoms with van der Waals surface area (Å²) in [6.07, 6.45) is 1.75. The maximum absolute atomic E-state index is 5.45. The summed E-state index contributed by atoms with van der Waals surface area (Å²) in [4.78, 5) is 16.5. The summed E-state index contributed by atoms with van der Waals surface area (Å²) in [5, 5.41) is 8.14. The third kappa shape index (κ3) is 3.78. The van der Waals surface area contributed by atoms with Crippen molar-refractivity contribution in [1.29, 1.82) is 0 Å². The van der Waals surface area contributed by atoms with Gasteiger partial charge in [0.25, 0.3) is 0 Å². The molecule has 0 spiro atoms. The van der Waals surface area contributed by atoms with E-state index < -0.39 is 0 Å². The van der Waals surface area contributed by atoms with Gasteiger partial charge < -0.3 is 19.1 Å². The van der Waals surface area contributed by atoms with Gasteiger partial charge in [-0.3, -0.25) is 4.90 Å². The van der Waals surface area contributed by atoms with E-state index in [1.807, 2.05) is 18.5 Å². The van der Waals surface area contributed by atoms with Crippen LogP contribution in [-0.4, -0.2) is 82.1 Å². The third-order valence-corrected chi connectivity index (χ3v) is 4.99. The zero-order valence-electron chi connectivity index (χ0n) is 15.5. The molecule has 26 heavy (non-hydrogen) atoms. The lowest BCUT2D eigenvalue weighted by Crippen LogP contribution is -2.47. The minimum atomic E-state index is 0.763. The Balaban J connectivity index is 1.40. The van der Waals surface area contributed by atoms with Crippen LogP contribution in [0.15, 0.2) is 12.4 Å². The number of ether oxygens (including phenoxy) is 1. The Hall–Kier alpha value is -2.26. The molecule has 0 amide bonds. The normalized spacial score (nSPS) is 19.2. The van der Waals surface area contributed by atoms with Gasteiger partial charge in [0.1, 0.15) is 18.0 Å². The average Bonchev–Trinajstić information content (AvgIpc) is 3.07. The van der Waals surface area contributed by atoms with Crippen molar-refractivity contribution in [3.8, 4) is 0 Å². The molecule has 2 aliphatic heterocycles. The Labute approximate surface area is 153 Å². The molecule has 4 heterocycles. The molecule has 4 rings (SSSR count). The smallest absolute Gasteiger partial charge is 0.227 e. The molecule has 140 valence electrons. The van der Waals surface area contributed by atoms with Gasteiger partial charge in [0.2, 0.25) is 5.95 Å². The highest BCUT2D eigenvalue weighted by molar-refractivity contribution is 5.46. The standard InChI is InChI=1S/C17H26N8O/c1-14-11-15(24-7-9-26-10-8-24)20-17(19-14)25-5-3-23(4-6-25)12-16-21-18-13-22(16)2/h11,13H,3-10,12H2,1-2H3. The molecule has 2 saturated heterocycles. The van der Waals surface area contributed by atoms with E-state index in [0.717, 1.165) is 82.3 Å². The summed E-state index contributed by atoms with van der Waals surface area (Å²) in [7, 11) is 1.99. The average molecular weight is 358 g/mol. The van der Waals surface area contributed by atoms with Crippen LogP contribution in [0.4, 0.5) is 11.8 Å². The van der Waals surface area contributed by atoms with Crippen LogP contribution in [0.5, 0.6) is 0 Å². The molecule has 0 saturated carbocycles. The summed E-state index contributed by atoms with van der Waals surface area (Å²) in [6, 6.07) is 2.07. The van der Waals surface area contributed by atoms with E-state index in [4.69, 9.17) is 9.72 Å². The van der Waals surface area contributed by atoms with Gasteiger partial charge in [0.15, 0.2) is 0 Å². The van der Waals surface area contributed by atoms with Crippen molar-refractivity contribution in [3.05, 3.63) is 23.9 Å². The first-order valence-corrected chi connectivity index (χ1v) is 9.17. The Morgan fingerprint density at radius 3 is 2.46 bits per heavy atom. The minimum Gasteiger partial charge on any atom is -0.378 e. The molecule has 2 fully saturated rings. The van der Waals surface area contributed by atoms with Crippen molar-refractivity contribution in [2.24, 2.45) is 7.05 Å². The van der Waals surface area contributed by atoms with Crippen LogP contribution >= 0.6 is 0 Å². The van der Waals surface area contributed by atoms with Gasteiger partial charge >= 0.3 is 0 Å². The molecule has 0 N–H and O–H groups in total. The van der Waals surface area contributed by atoms with E-state index >= 15 is 0 Å². The molecule has 0 aliphatic carbocycles. The van der Waals surface area contributed by atoms with Crippen LogP contribution in [0.25, 0.3) is 0 Å². The predicted octanol–water partition coefficient (Wildman–Crippen LogP) is 0.0723. The van der Waals surface area contributed by atoms with E-state index in [0.29, 0.717) is 0 Å². The second-order valence-electron chi connectivity index (χ2n) is 6.89. The number of anilines is 2. The lowest BCUT2D eigenvalue weighted by Gasteiger charge is -2.35. The first-order chi connectivity index (χ1) is 12.7. The molecule has 2 aromatic rings. The molecule has 0 unspecified atom stereocenters. The van der Waals surface area contributed by atoms with E-state index in [1.54, 1.807) is 6.33 Å². The highest BCUT2D eigenvalue weighted by Gasteiger charge is 2.22. The molecular weight excluding hydrogens is 332 g/mol. The first kappa shape index (κ1) is 17.2. The first-order valence-electron chi connectivity index (χ1n) is 9.17. The van der Waals surface area contributed by atoms with E-state index in [-0.39, 0.29) is 0 Å². The highest BCUT2D eigenvalue weighted by atomic mass is 16.5. The molecule has 0 bridgehead atoms. The summed E-state index contributed by atoms with van der Waals surface area (Å²) in [5.41, 5.74) is 1.01. The van der Waals surface area contributed by atoms with Crippen molar-refractivity contribution in [2.45, 2.75) is 13.5 Å². The van der Waals surface area contributed by atoms with Crippen LogP contribution < -0.4 is 9.80 Å². The summed E-state index contributed by atoms with van der Waals surface area (Å²) < 4.78 is 7.43. The maximum Gasteiger partial charge on any atom is 0.227 e. The number of hydrogen-bond acceptors (Lipinski definition) is 8. The van der Waals surface area contributed by atoms with Crippen LogP contribution in [0.1, 0.15) is 11.5 Å². The second kappa shape index (κ2) is 7.55. The summed E-state index contributed by atoms with van der Waals surface area (Å²) >= 11 is 0. The molecule has 0 aromatic carbocycles. The van der Waals surface area contributed by atoms with Gasteiger partial charge in [-0.15, -0.1) is 10.2 Å². The fraction of sp³-hybridized carbons (Fsp3) is 0.647. The Morgan fingerprint density at radius 2 is 1.77 bits per heavy atom. The number of nitrogens with zero attached hydrogens (tertiary/aromatic N) is 8. The van der Waals surface area contributed by atoms with Gasteiger partial charge in [-0.25, -0.2) is 4.98 Å². The van der Waals surface area contributed by atoms with E-state index in [2.05, 4.69) is 35.9 Å². The van der Waals surface area contributed by atoms with Gasteiger partial charge in [-0.1, -0.05) is 0 Å². The fourth-order valence-corrected chi connectivity index (χ4v) is 3.39. The topological polar surface area (TPSA) is 75.4 Å². The highest BCUT2D eigenvalue weighted by Crippen LogP contribution is 2.20. The Morgan fingerprint density at radius 1 is 1.00 bits per heavy atom. The van der Waals surface area contributed by atoms with Crippen LogP contribution in [0.3, 0.4) is 0 Å². The SMILES string of the molecule is Cc1cc(N2CCOCC2)nc(N2CCN(Cc3nncn3C)CC2)n1. The van der Waals surface area contributed by atoms with Crippen molar-refractivity contribution >= 4 is 11.8 Å². The number of piperazine rings is 1. The molecule has 9 heteroatoms. The monoisotopic (exact) mass is 358 g/mol. The number of rotatable bonds is 4. The molecule has 2 aliphatic rings. The van der Waals surface area contributed by atoms with Crippen molar-refractivity contribution in [3.63, 3.8) is 0 Å². The van der Waals surface area contributed by atoms with Crippen molar-refractivity contribution < 1.29 is 4.74 Å². The third-order valence-electron chi connectivity index (χ3n) is 4.99. The van der Waals surface area contributed by atoms with E-state index in [1.165, 1.54) is 0 Å². The molecule has 0 radical (unpaired) electrons. The lowest BCUT2D eigenvalue weighted by molar-refractivity contribution is 0.122. The summed E-state index contributed by atoms with van der Waals surface area (Å²) in [6.45, 7) is 9.96. The number of aryl methyl sites for hydroxylation is 2. The van der Waals surface area contributed by atoms with Crippen LogP contribution in [0, 0.1) is 6.92 Å². The second-order valence-corrected chi connectivity index (χ2v) is 6.89. The van der Waals surface area contributed by atoms with Crippen LogP contribution in [0.2, 0.25) is 0 Å². The summed E-state index contributed by atoms with van der Waals surface area (Å²) in [5.74, 6) is 2.85. The predicted molar refractivity (Wildman–Crippen MR) is 98.3 cm³/mol. The number of hydrogen-bond donors (Lipinski definition) is 0. The van der Waals surface area contributed by atoms with E-state index in [9.17, 15) is 0 Å². The minimum absolute atomic E-state index is 0.763. The van der Waals surface area contributed by atoms with Gasteiger partial charge in [-0.05, 0) is 6.92 Å². The quantitative estimate of drug-likeness (QED) is 0.760. The number of morpholine rings is 1. The zero-order valence-corrected chi connectivity index (χ0v) is 15.5. The molecular formula is C17H26N8O. The van der Waals surface area contributed by atoms with Gasteiger partial charge in [0, 0.05) is 58.1 Å². The van der Waals surface area contributed by atoms with Crippen molar-refractivity contribution in [2.75, 3.05) is 62.3 Å². The zero-order chi connectivity index (χ0) is 17.9. The lowest BCUT2D eigenvalue weighted by atomic mass is 10.3.